The lowest BCUT2D eigenvalue weighted by atomic mass is 10.2. The summed E-state index contributed by atoms with van der Waals surface area (Å²) in [5.74, 6) is 1.83. The van der Waals surface area contributed by atoms with Crippen LogP contribution in [-0.4, -0.2) is 31.4 Å². The van der Waals surface area contributed by atoms with Gasteiger partial charge in [-0.1, -0.05) is 0 Å². The summed E-state index contributed by atoms with van der Waals surface area (Å²) in [6.07, 6.45) is 2.45. The van der Waals surface area contributed by atoms with Crippen LogP contribution >= 0.6 is 0 Å². The standard InChI is InChI=1S/C17H18N6O2/c1-11-19-12(2)23(21-11)7-4-6-22-8-5-15-14(17(22)24)9-13(10-18)16(20-15)25-3/h5,8-9H,4,6-7H2,1-3H3. The molecule has 0 amide bonds. The van der Waals surface area contributed by atoms with Crippen molar-refractivity contribution in [1.82, 2.24) is 24.3 Å². The lowest BCUT2D eigenvalue weighted by Gasteiger charge is -2.09. The van der Waals surface area contributed by atoms with E-state index in [4.69, 9.17) is 4.74 Å². The summed E-state index contributed by atoms with van der Waals surface area (Å²) < 4.78 is 8.54. The molecule has 0 aliphatic carbocycles. The van der Waals surface area contributed by atoms with Crippen molar-refractivity contribution in [3.05, 3.63) is 45.9 Å². The molecule has 0 radical (unpaired) electrons. The van der Waals surface area contributed by atoms with Gasteiger partial charge >= 0.3 is 0 Å². The molecule has 0 bridgehead atoms. The van der Waals surface area contributed by atoms with Crippen LogP contribution in [0.25, 0.3) is 10.9 Å². The van der Waals surface area contributed by atoms with Crippen molar-refractivity contribution in [1.29, 1.82) is 5.26 Å². The Balaban J connectivity index is 1.85. The van der Waals surface area contributed by atoms with E-state index in [0.717, 1.165) is 18.1 Å². The largest absolute Gasteiger partial charge is 0.480 e. The summed E-state index contributed by atoms with van der Waals surface area (Å²) in [5.41, 5.74) is 0.592. The lowest BCUT2D eigenvalue weighted by Crippen LogP contribution is -2.21. The highest BCUT2D eigenvalue weighted by atomic mass is 16.5. The number of hydrogen-bond acceptors (Lipinski definition) is 6. The van der Waals surface area contributed by atoms with E-state index in [-0.39, 0.29) is 17.0 Å². The van der Waals surface area contributed by atoms with Crippen LogP contribution in [0.3, 0.4) is 0 Å². The normalized spacial score (nSPS) is 10.8. The Kier molecular flexibility index (Phi) is 4.48. The summed E-state index contributed by atoms with van der Waals surface area (Å²) in [5, 5.41) is 13.9. The molecule has 0 saturated heterocycles. The summed E-state index contributed by atoms with van der Waals surface area (Å²) in [6.45, 7) is 4.98. The van der Waals surface area contributed by atoms with E-state index in [2.05, 4.69) is 15.1 Å². The van der Waals surface area contributed by atoms with Crippen LogP contribution in [0.15, 0.2) is 23.1 Å². The number of hydrogen-bond donors (Lipinski definition) is 0. The summed E-state index contributed by atoms with van der Waals surface area (Å²) in [7, 11) is 1.45. The van der Waals surface area contributed by atoms with Crippen molar-refractivity contribution in [3.8, 4) is 11.9 Å². The van der Waals surface area contributed by atoms with Crippen LogP contribution in [0.2, 0.25) is 0 Å². The first kappa shape index (κ1) is 16.6. The Morgan fingerprint density at radius 3 is 2.72 bits per heavy atom. The molecular weight excluding hydrogens is 320 g/mol. The molecule has 0 spiro atoms. The highest BCUT2D eigenvalue weighted by Gasteiger charge is 2.11. The maximum absolute atomic E-state index is 12.6. The maximum atomic E-state index is 12.6. The van der Waals surface area contributed by atoms with Crippen LogP contribution < -0.4 is 10.3 Å². The predicted molar refractivity (Wildman–Crippen MR) is 91.4 cm³/mol. The topological polar surface area (TPSA) is 98.6 Å². The molecule has 25 heavy (non-hydrogen) atoms. The van der Waals surface area contributed by atoms with E-state index < -0.39 is 0 Å². The number of aryl methyl sites for hydroxylation is 4. The number of nitrogens with zero attached hydrogens (tertiary/aromatic N) is 6. The molecule has 3 heterocycles. The zero-order valence-electron chi connectivity index (χ0n) is 14.4. The lowest BCUT2D eigenvalue weighted by molar-refractivity contribution is 0.398. The molecule has 128 valence electrons. The minimum absolute atomic E-state index is 0.171. The first-order chi connectivity index (χ1) is 12.0. The van der Waals surface area contributed by atoms with Gasteiger partial charge in [0.2, 0.25) is 5.88 Å². The molecule has 8 heteroatoms. The predicted octanol–water partition coefficient (Wildman–Crippen LogP) is 1.58. The summed E-state index contributed by atoms with van der Waals surface area (Å²) in [4.78, 5) is 21.1. The van der Waals surface area contributed by atoms with E-state index in [1.807, 2.05) is 24.6 Å². The summed E-state index contributed by atoms with van der Waals surface area (Å²) in [6, 6.07) is 5.29. The van der Waals surface area contributed by atoms with E-state index >= 15 is 0 Å². The molecule has 0 N–H and O–H groups in total. The van der Waals surface area contributed by atoms with E-state index in [1.165, 1.54) is 13.2 Å². The average Bonchev–Trinajstić information content (AvgIpc) is 2.93. The number of fused-ring (bicyclic) bond motifs is 1. The quantitative estimate of drug-likeness (QED) is 0.700. The second-order valence-electron chi connectivity index (χ2n) is 5.69. The number of aromatic nitrogens is 5. The average molecular weight is 338 g/mol. The Morgan fingerprint density at radius 1 is 1.28 bits per heavy atom. The molecular formula is C17H18N6O2. The second kappa shape index (κ2) is 6.73. The SMILES string of the molecule is COc1nc2ccn(CCCn3nc(C)nc3C)c(=O)c2cc1C#N. The molecule has 0 unspecified atom stereocenters. The highest BCUT2D eigenvalue weighted by Crippen LogP contribution is 2.19. The van der Waals surface area contributed by atoms with Crippen molar-refractivity contribution >= 4 is 10.9 Å². The zero-order chi connectivity index (χ0) is 18.0. The van der Waals surface area contributed by atoms with Crippen LogP contribution in [0.4, 0.5) is 0 Å². The smallest absolute Gasteiger partial charge is 0.260 e. The Labute approximate surface area is 144 Å². The number of pyridine rings is 2. The number of rotatable bonds is 5. The Hall–Kier alpha value is -3.21. The van der Waals surface area contributed by atoms with Gasteiger partial charge in [-0.25, -0.2) is 9.97 Å². The monoisotopic (exact) mass is 338 g/mol. The molecule has 3 aromatic rings. The van der Waals surface area contributed by atoms with Crippen LogP contribution in [-0.2, 0) is 13.1 Å². The Bertz CT molecular complexity index is 1030. The van der Waals surface area contributed by atoms with Crippen molar-refractivity contribution in [2.24, 2.45) is 0 Å². The van der Waals surface area contributed by atoms with Crippen molar-refractivity contribution in [2.75, 3.05) is 7.11 Å². The van der Waals surface area contributed by atoms with Gasteiger partial charge in [0.15, 0.2) is 0 Å². The maximum Gasteiger partial charge on any atom is 0.260 e. The van der Waals surface area contributed by atoms with E-state index in [9.17, 15) is 10.1 Å². The summed E-state index contributed by atoms with van der Waals surface area (Å²) >= 11 is 0. The van der Waals surface area contributed by atoms with Crippen molar-refractivity contribution in [3.63, 3.8) is 0 Å². The number of nitriles is 1. The third-order valence-corrected chi connectivity index (χ3v) is 3.97. The number of ether oxygens (including phenoxy) is 1. The van der Waals surface area contributed by atoms with E-state index in [0.29, 0.717) is 24.0 Å². The fourth-order valence-electron chi connectivity index (χ4n) is 2.77. The van der Waals surface area contributed by atoms with Gasteiger partial charge in [0.05, 0.1) is 18.0 Å². The van der Waals surface area contributed by atoms with Crippen molar-refractivity contribution in [2.45, 2.75) is 33.4 Å². The third-order valence-electron chi connectivity index (χ3n) is 3.97. The first-order valence-corrected chi connectivity index (χ1v) is 7.90. The van der Waals surface area contributed by atoms with Gasteiger partial charge in [0.1, 0.15) is 23.3 Å². The zero-order valence-corrected chi connectivity index (χ0v) is 14.4. The molecule has 0 aliphatic heterocycles. The molecule has 8 nitrogen and oxygen atoms in total. The second-order valence-corrected chi connectivity index (χ2v) is 5.69. The van der Waals surface area contributed by atoms with Gasteiger partial charge in [-0.2, -0.15) is 10.4 Å². The van der Waals surface area contributed by atoms with Gasteiger partial charge in [0.25, 0.3) is 5.56 Å². The minimum Gasteiger partial charge on any atom is -0.480 e. The van der Waals surface area contributed by atoms with Gasteiger partial charge in [-0.05, 0) is 32.4 Å². The van der Waals surface area contributed by atoms with Crippen molar-refractivity contribution < 1.29 is 4.74 Å². The first-order valence-electron chi connectivity index (χ1n) is 7.90. The minimum atomic E-state index is -0.171. The molecule has 0 atom stereocenters. The number of methoxy groups -OCH3 is 1. The van der Waals surface area contributed by atoms with Gasteiger partial charge < -0.3 is 9.30 Å². The molecule has 3 aromatic heterocycles. The molecule has 0 aliphatic rings. The molecule has 0 saturated carbocycles. The highest BCUT2D eigenvalue weighted by molar-refractivity contribution is 5.79. The van der Waals surface area contributed by atoms with Crippen LogP contribution in [0.1, 0.15) is 23.6 Å². The van der Waals surface area contributed by atoms with E-state index in [1.54, 1.807) is 16.8 Å². The van der Waals surface area contributed by atoms with Crippen LogP contribution in [0, 0.1) is 25.2 Å². The van der Waals surface area contributed by atoms with Gasteiger partial charge in [-0.3, -0.25) is 9.48 Å². The molecule has 0 aromatic carbocycles. The Morgan fingerprint density at radius 2 is 2.08 bits per heavy atom. The molecule has 3 rings (SSSR count). The fraction of sp³-hybridized carbons (Fsp3) is 0.353. The third kappa shape index (κ3) is 3.21. The van der Waals surface area contributed by atoms with Gasteiger partial charge in [-0.15, -0.1) is 0 Å². The van der Waals surface area contributed by atoms with Crippen LogP contribution in [0.5, 0.6) is 5.88 Å². The fourth-order valence-corrected chi connectivity index (χ4v) is 2.77. The molecule has 0 fully saturated rings. The van der Waals surface area contributed by atoms with Gasteiger partial charge in [0, 0.05) is 19.3 Å².